The number of carbonyl (C=O) groups excluding carboxylic acids is 1. The number of fused-ring (bicyclic) bond motifs is 1. The van der Waals surface area contributed by atoms with Crippen molar-refractivity contribution in [2.75, 3.05) is 11.9 Å². The van der Waals surface area contributed by atoms with Crippen LogP contribution in [-0.2, 0) is 0 Å². The average Bonchev–Trinajstić information content (AvgIpc) is 3.33. The van der Waals surface area contributed by atoms with Crippen LogP contribution in [0.2, 0.25) is 5.02 Å². The molecule has 0 saturated carbocycles. The Morgan fingerprint density at radius 3 is 2.76 bits per heavy atom. The maximum absolute atomic E-state index is 13.1. The van der Waals surface area contributed by atoms with Crippen molar-refractivity contribution in [1.82, 2.24) is 20.4 Å². The summed E-state index contributed by atoms with van der Waals surface area (Å²) in [5.74, 6) is -0.170. The van der Waals surface area contributed by atoms with Crippen LogP contribution in [0.15, 0.2) is 66.7 Å². The minimum absolute atomic E-state index is 0.0630. The van der Waals surface area contributed by atoms with Crippen molar-refractivity contribution in [3.63, 3.8) is 0 Å². The Hall–Kier alpha value is -4.04. The van der Waals surface area contributed by atoms with Gasteiger partial charge in [-0.05, 0) is 61.7 Å². The molecule has 0 spiro atoms. The summed E-state index contributed by atoms with van der Waals surface area (Å²) >= 11 is 6.27. The molecule has 1 aliphatic heterocycles. The highest BCUT2D eigenvalue weighted by Gasteiger charge is 2.31. The molecule has 5 rings (SSSR count). The lowest BCUT2D eigenvalue weighted by molar-refractivity contribution is 0.0824. The third kappa shape index (κ3) is 5.24. The molecule has 190 valence electrons. The van der Waals surface area contributed by atoms with E-state index in [4.69, 9.17) is 11.6 Å². The number of nitrogens with one attached hydrogen (secondary N) is 3. The van der Waals surface area contributed by atoms with Crippen LogP contribution >= 0.6 is 11.6 Å². The minimum Gasteiger partial charge on any atom is -0.465 e. The number of anilines is 2. The molecule has 37 heavy (non-hydrogen) atoms. The van der Waals surface area contributed by atoms with Crippen molar-refractivity contribution < 1.29 is 14.7 Å². The Morgan fingerprint density at radius 1 is 1.14 bits per heavy atom. The fourth-order valence-electron chi connectivity index (χ4n) is 4.93. The number of para-hydroxylation sites is 1. The van der Waals surface area contributed by atoms with Crippen LogP contribution in [0.5, 0.6) is 0 Å². The predicted octanol–water partition coefficient (Wildman–Crippen LogP) is 6.28. The van der Waals surface area contributed by atoms with Gasteiger partial charge in [0.2, 0.25) is 0 Å². The molecule has 1 fully saturated rings. The largest absolute Gasteiger partial charge is 0.465 e. The SMILES string of the molecule is CCC1CC(NC(=O)c2cccc(-c3n[nH]c4cc(Nc5ccccc5Cl)ccc34)c2)CCN1C(=O)O. The van der Waals surface area contributed by atoms with Gasteiger partial charge in [-0.15, -0.1) is 0 Å². The molecule has 1 aliphatic rings. The van der Waals surface area contributed by atoms with E-state index in [2.05, 4.69) is 20.8 Å². The molecule has 3 aromatic carbocycles. The molecule has 2 amide bonds. The standard InChI is InChI=1S/C28H28ClN5O3/c1-2-21-15-20(12-13-34(21)28(36)37)31-27(35)18-7-5-6-17(14-18)26-22-11-10-19(16-25(22)32-33-26)30-24-9-4-3-8-23(24)29/h3-11,14,16,20-21,30H,2,12-13,15H2,1H3,(H,31,35)(H,32,33)(H,36,37). The van der Waals surface area contributed by atoms with E-state index in [0.29, 0.717) is 30.0 Å². The Labute approximate surface area is 219 Å². The normalized spacial score (nSPS) is 17.5. The van der Waals surface area contributed by atoms with E-state index in [1.165, 1.54) is 4.90 Å². The molecule has 2 heterocycles. The van der Waals surface area contributed by atoms with Crippen molar-refractivity contribution in [1.29, 1.82) is 0 Å². The number of piperidine rings is 1. The maximum Gasteiger partial charge on any atom is 0.407 e. The summed E-state index contributed by atoms with van der Waals surface area (Å²) in [6.45, 7) is 2.39. The summed E-state index contributed by atoms with van der Waals surface area (Å²) in [5.41, 5.74) is 4.69. The molecule has 0 bridgehead atoms. The Bertz CT molecular complexity index is 1450. The van der Waals surface area contributed by atoms with Gasteiger partial charge < -0.3 is 20.6 Å². The van der Waals surface area contributed by atoms with E-state index < -0.39 is 6.09 Å². The first kappa shape index (κ1) is 24.6. The predicted molar refractivity (Wildman–Crippen MR) is 146 cm³/mol. The van der Waals surface area contributed by atoms with Crippen LogP contribution in [-0.4, -0.2) is 50.8 Å². The first-order valence-corrected chi connectivity index (χ1v) is 12.7. The van der Waals surface area contributed by atoms with Crippen molar-refractivity contribution in [2.45, 2.75) is 38.3 Å². The van der Waals surface area contributed by atoms with Crippen molar-refractivity contribution in [3.05, 3.63) is 77.3 Å². The zero-order chi connectivity index (χ0) is 25.9. The van der Waals surface area contributed by atoms with E-state index in [1.807, 2.05) is 67.6 Å². The third-order valence-electron chi connectivity index (χ3n) is 6.88. The van der Waals surface area contributed by atoms with Gasteiger partial charge in [-0.2, -0.15) is 5.10 Å². The number of rotatable bonds is 6. The smallest absolute Gasteiger partial charge is 0.407 e. The number of benzene rings is 3. The summed E-state index contributed by atoms with van der Waals surface area (Å²) in [4.78, 5) is 26.0. The Morgan fingerprint density at radius 2 is 1.97 bits per heavy atom. The molecule has 1 aromatic heterocycles. The molecule has 2 atom stereocenters. The number of likely N-dealkylation sites (tertiary alicyclic amines) is 1. The highest BCUT2D eigenvalue weighted by atomic mass is 35.5. The number of halogens is 1. The second-order valence-corrected chi connectivity index (χ2v) is 9.66. The Balaban J connectivity index is 1.32. The van der Waals surface area contributed by atoms with Crippen LogP contribution in [0.3, 0.4) is 0 Å². The molecule has 1 saturated heterocycles. The van der Waals surface area contributed by atoms with Gasteiger partial charge in [0.25, 0.3) is 5.91 Å². The fraction of sp³-hybridized carbons (Fsp3) is 0.250. The van der Waals surface area contributed by atoms with Gasteiger partial charge in [-0.3, -0.25) is 9.89 Å². The highest BCUT2D eigenvalue weighted by molar-refractivity contribution is 6.33. The van der Waals surface area contributed by atoms with Crippen LogP contribution in [0.4, 0.5) is 16.2 Å². The quantitative estimate of drug-likeness (QED) is 0.240. The third-order valence-corrected chi connectivity index (χ3v) is 7.21. The number of hydrogen-bond acceptors (Lipinski definition) is 4. The van der Waals surface area contributed by atoms with E-state index >= 15 is 0 Å². The molecule has 9 heteroatoms. The first-order valence-electron chi connectivity index (χ1n) is 12.3. The molecule has 8 nitrogen and oxygen atoms in total. The molecular weight excluding hydrogens is 490 g/mol. The number of aromatic nitrogens is 2. The monoisotopic (exact) mass is 517 g/mol. The maximum atomic E-state index is 13.1. The second-order valence-electron chi connectivity index (χ2n) is 9.25. The highest BCUT2D eigenvalue weighted by Crippen LogP contribution is 2.31. The average molecular weight is 518 g/mol. The van der Waals surface area contributed by atoms with Crippen LogP contribution in [0.25, 0.3) is 22.2 Å². The van der Waals surface area contributed by atoms with Gasteiger partial charge in [0.05, 0.1) is 21.9 Å². The van der Waals surface area contributed by atoms with Gasteiger partial charge in [0.15, 0.2) is 0 Å². The molecular formula is C28H28ClN5O3. The molecule has 4 N–H and O–H groups in total. The number of hydrogen-bond donors (Lipinski definition) is 4. The van der Waals surface area contributed by atoms with Crippen LogP contribution in [0, 0.1) is 0 Å². The van der Waals surface area contributed by atoms with E-state index in [0.717, 1.165) is 40.0 Å². The van der Waals surface area contributed by atoms with Crippen LogP contribution < -0.4 is 10.6 Å². The van der Waals surface area contributed by atoms with Crippen molar-refractivity contribution >= 4 is 45.9 Å². The van der Waals surface area contributed by atoms with Gasteiger partial charge in [0, 0.05) is 40.8 Å². The van der Waals surface area contributed by atoms with Gasteiger partial charge in [0.1, 0.15) is 0 Å². The summed E-state index contributed by atoms with van der Waals surface area (Å²) < 4.78 is 0. The molecule has 0 radical (unpaired) electrons. The zero-order valence-electron chi connectivity index (χ0n) is 20.4. The molecule has 0 aliphatic carbocycles. The number of carbonyl (C=O) groups is 2. The number of amides is 2. The number of aromatic amines is 1. The van der Waals surface area contributed by atoms with Gasteiger partial charge >= 0.3 is 6.09 Å². The molecule has 4 aromatic rings. The zero-order valence-corrected chi connectivity index (χ0v) is 21.1. The summed E-state index contributed by atoms with van der Waals surface area (Å²) in [6.07, 6.45) is 1.03. The van der Waals surface area contributed by atoms with E-state index in [1.54, 1.807) is 6.07 Å². The summed E-state index contributed by atoms with van der Waals surface area (Å²) in [6, 6.07) is 20.7. The van der Waals surface area contributed by atoms with Gasteiger partial charge in [-0.1, -0.05) is 42.8 Å². The first-order chi connectivity index (χ1) is 17.9. The number of nitrogens with zero attached hydrogens (tertiary/aromatic N) is 2. The Kier molecular flexibility index (Phi) is 7.01. The van der Waals surface area contributed by atoms with Crippen LogP contribution in [0.1, 0.15) is 36.5 Å². The fourth-order valence-corrected chi connectivity index (χ4v) is 5.12. The topological polar surface area (TPSA) is 110 Å². The van der Waals surface area contributed by atoms with Gasteiger partial charge in [-0.25, -0.2) is 4.79 Å². The summed E-state index contributed by atoms with van der Waals surface area (Å²) in [5, 5.41) is 25.0. The van der Waals surface area contributed by atoms with Crippen molar-refractivity contribution in [2.24, 2.45) is 0 Å². The summed E-state index contributed by atoms with van der Waals surface area (Å²) in [7, 11) is 0. The lowest BCUT2D eigenvalue weighted by atomic mass is 9.95. The van der Waals surface area contributed by atoms with E-state index in [-0.39, 0.29) is 18.0 Å². The molecule has 2 unspecified atom stereocenters. The minimum atomic E-state index is -0.901. The lowest BCUT2D eigenvalue weighted by Crippen LogP contribution is -2.51. The van der Waals surface area contributed by atoms with Crippen molar-refractivity contribution in [3.8, 4) is 11.3 Å². The van der Waals surface area contributed by atoms with E-state index in [9.17, 15) is 14.7 Å². The lowest BCUT2D eigenvalue weighted by Gasteiger charge is -2.37. The number of carboxylic acid groups (broad SMARTS) is 1. The second kappa shape index (κ2) is 10.5. The number of H-pyrrole nitrogens is 1.